The molecule has 10 unspecified atom stereocenters. The summed E-state index contributed by atoms with van der Waals surface area (Å²) in [5.74, 6) is -0.430. The van der Waals surface area contributed by atoms with Gasteiger partial charge in [-0.3, -0.25) is 0 Å². The summed E-state index contributed by atoms with van der Waals surface area (Å²) in [6.45, 7) is 17.0. The van der Waals surface area contributed by atoms with Gasteiger partial charge in [0.2, 0.25) is 0 Å². The second-order valence-electron chi connectivity index (χ2n) is 25.7. The number of rotatable bonds is 15. The molecular formula is C54H92O22. The van der Waals surface area contributed by atoms with Crippen LogP contribution in [-0.2, 0) is 37.9 Å². The van der Waals surface area contributed by atoms with Gasteiger partial charge in [0.1, 0.15) is 85.5 Å². The van der Waals surface area contributed by atoms with Crippen molar-refractivity contribution in [1.82, 2.24) is 0 Å². The van der Waals surface area contributed by atoms with Crippen LogP contribution in [0.15, 0.2) is 11.6 Å². The fourth-order valence-corrected chi connectivity index (χ4v) is 16.1. The highest BCUT2D eigenvalue weighted by Gasteiger charge is 2.72. The summed E-state index contributed by atoms with van der Waals surface area (Å²) in [6, 6.07) is 0. The summed E-state index contributed by atoms with van der Waals surface area (Å²) in [4.78, 5) is 0. The Morgan fingerprint density at radius 2 is 1.05 bits per heavy atom. The molecule has 14 N–H and O–H groups in total. The number of fused-ring (bicyclic) bond motifs is 5. The van der Waals surface area contributed by atoms with Crippen molar-refractivity contribution in [2.75, 3.05) is 19.8 Å². The molecule has 0 bridgehead atoms. The third-order valence-electron chi connectivity index (χ3n) is 21.0. The number of ether oxygens (including phenoxy) is 8. The monoisotopic (exact) mass is 1090 g/mol. The predicted octanol–water partition coefficient (Wildman–Crippen LogP) is -1.17. The van der Waals surface area contributed by atoms with E-state index in [0.717, 1.165) is 24.8 Å². The second kappa shape index (κ2) is 22.9. The van der Waals surface area contributed by atoms with E-state index in [1.165, 1.54) is 13.8 Å². The van der Waals surface area contributed by atoms with Crippen molar-refractivity contribution >= 4 is 0 Å². The van der Waals surface area contributed by atoms with E-state index >= 15 is 0 Å². The first-order valence-electron chi connectivity index (χ1n) is 27.8. The molecule has 4 saturated heterocycles. The van der Waals surface area contributed by atoms with E-state index in [-0.39, 0.29) is 41.1 Å². The van der Waals surface area contributed by atoms with E-state index in [1.807, 2.05) is 19.9 Å². The second-order valence-corrected chi connectivity index (χ2v) is 25.7. The molecule has 8 rings (SSSR count). The summed E-state index contributed by atoms with van der Waals surface area (Å²) in [5.41, 5.74) is -1.84. The zero-order chi connectivity index (χ0) is 55.9. The van der Waals surface area contributed by atoms with Gasteiger partial charge in [-0.15, -0.1) is 0 Å². The first kappa shape index (κ1) is 60.9. The van der Waals surface area contributed by atoms with Crippen LogP contribution in [0.4, 0.5) is 0 Å². The topological polar surface area (TPSA) is 357 Å². The van der Waals surface area contributed by atoms with Gasteiger partial charge < -0.3 is 109 Å². The van der Waals surface area contributed by atoms with Crippen molar-refractivity contribution in [2.24, 2.45) is 45.3 Å². The minimum Gasteiger partial charge on any atom is -0.393 e. The summed E-state index contributed by atoms with van der Waals surface area (Å²) < 4.78 is 48.5. The SMILES string of the molecule is C/C(=C\CCC(C)(O[C@@H]1O[C@H](CO[C@@H]2O[C@H](C)[C@@H](O)[C@@H](O)[C@H]2O)[C@@H](O)[C@@H](O)[C@H]1O)C1CCC2(C)C1C(O)CC1C3(C)CCC(O[C@@H]4O[C@H](CO[C@@H]5O[C@H](C)[C@@H](O)[C@@H](O)[C@H]5O)[C@@H](O)[C@@H](O)[C@H]4O)C(C)(C)C3CCC12C)CO. The molecule has 22 heteroatoms. The first-order valence-corrected chi connectivity index (χ1v) is 27.8. The lowest BCUT2D eigenvalue weighted by Gasteiger charge is -2.71. The van der Waals surface area contributed by atoms with Crippen LogP contribution in [0.2, 0.25) is 0 Å². The van der Waals surface area contributed by atoms with Crippen LogP contribution in [0.25, 0.3) is 0 Å². The molecule has 8 fully saturated rings. The van der Waals surface area contributed by atoms with E-state index in [9.17, 15) is 71.5 Å². The Hall–Kier alpha value is -1.14. The fourth-order valence-electron chi connectivity index (χ4n) is 16.1. The van der Waals surface area contributed by atoms with Gasteiger partial charge in [0.15, 0.2) is 25.2 Å². The van der Waals surface area contributed by atoms with E-state index in [0.29, 0.717) is 38.5 Å². The predicted molar refractivity (Wildman–Crippen MR) is 265 cm³/mol. The first-order chi connectivity index (χ1) is 35.5. The highest BCUT2D eigenvalue weighted by atomic mass is 16.7. The molecule has 8 aliphatic rings. The minimum absolute atomic E-state index is 0.0610. The number of hydrogen-bond donors (Lipinski definition) is 14. The zero-order valence-corrected chi connectivity index (χ0v) is 45.6. The van der Waals surface area contributed by atoms with E-state index in [1.54, 1.807) is 0 Å². The molecule has 22 nitrogen and oxygen atoms in total. The Kier molecular flexibility index (Phi) is 18.4. The van der Waals surface area contributed by atoms with E-state index in [2.05, 4.69) is 34.6 Å². The zero-order valence-electron chi connectivity index (χ0n) is 45.6. The molecule has 440 valence electrons. The number of aliphatic hydroxyl groups excluding tert-OH is 14. The Morgan fingerprint density at radius 3 is 1.59 bits per heavy atom. The van der Waals surface area contributed by atoms with Crippen LogP contribution < -0.4 is 0 Å². The third-order valence-corrected chi connectivity index (χ3v) is 21.0. The van der Waals surface area contributed by atoms with Gasteiger partial charge in [-0.25, -0.2) is 0 Å². The molecule has 76 heavy (non-hydrogen) atoms. The highest BCUT2D eigenvalue weighted by molar-refractivity contribution is 5.20. The Bertz CT molecular complexity index is 1980. The van der Waals surface area contributed by atoms with Crippen molar-refractivity contribution in [3.05, 3.63) is 11.6 Å². The number of allylic oxidation sites excluding steroid dienone is 1. The van der Waals surface area contributed by atoms with Crippen LogP contribution in [0.5, 0.6) is 0 Å². The van der Waals surface area contributed by atoms with Gasteiger partial charge in [0, 0.05) is 0 Å². The molecule has 30 atom stereocenters. The molecule has 4 heterocycles. The van der Waals surface area contributed by atoms with Crippen LogP contribution >= 0.6 is 0 Å². The van der Waals surface area contributed by atoms with Gasteiger partial charge in [0.25, 0.3) is 0 Å². The van der Waals surface area contributed by atoms with Crippen molar-refractivity contribution < 1.29 is 109 Å². The quantitative estimate of drug-likeness (QED) is 0.0678. The van der Waals surface area contributed by atoms with E-state index in [4.69, 9.17) is 37.9 Å². The molecule has 0 aromatic rings. The van der Waals surface area contributed by atoms with Gasteiger partial charge >= 0.3 is 0 Å². The lowest BCUT2D eigenvalue weighted by molar-refractivity contribution is -0.349. The maximum atomic E-state index is 12.8. The van der Waals surface area contributed by atoms with Crippen molar-refractivity contribution in [2.45, 2.75) is 261 Å². The molecule has 0 spiro atoms. The van der Waals surface area contributed by atoms with Gasteiger partial charge in [-0.2, -0.15) is 0 Å². The highest BCUT2D eigenvalue weighted by Crippen LogP contribution is 2.76. The molecule has 0 aromatic carbocycles. The van der Waals surface area contributed by atoms with Crippen molar-refractivity contribution in [3.63, 3.8) is 0 Å². The molecule has 4 aliphatic heterocycles. The summed E-state index contributed by atoms with van der Waals surface area (Å²) in [5, 5.41) is 152. The number of hydrogen-bond acceptors (Lipinski definition) is 22. The molecule has 0 aromatic heterocycles. The lowest BCUT2D eigenvalue weighted by atomic mass is 9.35. The van der Waals surface area contributed by atoms with Gasteiger partial charge in [-0.05, 0) is 131 Å². The summed E-state index contributed by atoms with van der Waals surface area (Å²) >= 11 is 0. The molecule has 0 radical (unpaired) electrons. The smallest absolute Gasteiger partial charge is 0.187 e. The molecule has 0 amide bonds. The Morgan fingerprint density at radius 1 is 0.566 bits per heavy atom. The molecular weight excluding hydrogens is 1000 g/mol. The molecule has 4 aliphatic carbocycles. The fraction of sp³-hybridized carbons (Fsp3) is 0.963. The van der Waals surface area contributed by atoms with Gasteiger partial charge in [-0.1, -0.05) is 46.3 Å². The third kappa shape index (κ3) is 10.7. The van der Waals surface area contributed by atoms with Crippen molar-refractivity contribution in [1.29, 1.82) is 0 Å². The van der Waals surface area contributed by atoms with E-state index < -0.39 is 165 Å². The van der Waals surface area contributed by atoms with Crippen LogP contribution in [0.3, 0.4) is 0 Å². The summed E-state index contributed by atoms with van der Waals surface area (Å²) in [6.07, 6.45) is -22.6. The maximum Gasteiger partial charge on any atom is 0.187 e. The van der Waals surface area contributed by atoms with Crippen LogP contribution in [0, 0.1) is 45.3 Å². The maximum absolute atomic E-state index is 12.8. The minimum atomic E-state index is -1.74. The lowest BCUT2D eigenvalue weighted by Crippen LogP contribution is -2.67. The average Bonchev–Trinajstić information content (AvgIpc) is 3.83. The summed E-state index contributed by atoms with van der Waals surface area (Å²) in [7, 11) is 0. The van der Waals surface area contributed by atoms with Crippen LogP contribution in [0.1, 0.15) is 120 Å². The standard InChI is InChI=1S/C54H92O22/c1-23(20-55)11-10-15-54(9,76-49-45(68)41(64)37(60)29(74-49)22-70-47-43(66)39(62)35(58)25(3)72-47)26-12-17-53(8)33(26)27(56)19-31-51(6)16-14-32(50(4,5)30(51)13-18-52(31,53)7)75-48-44(67)40(63)36(59)28(73-48)21-69-46-42(65)38(61)34(57)24(2)71-46/h11,24-49,55-68H,10,12-22H2,1-9H3/b23-11+/t24-,25-,26?,27?,28-,29-,30?,31?,32?,33?,34-,35-,36-,37-,38-,39-,40-,41-,42-,43-,44-,45-,46-,47-,48+,49+,51?,52?,53?,54?/m1/s1. The Labute approximate surface area is 445 Å². The Balaban J connectivity index is 0.982. The largest absolute Gasteiger partial charge is 0.393 e. The van der Waals surface area contributed by atoms with Crippen LogP contribution in [-0.4, -0.2) is 232 Å². The normalized spacial score (nSPS) is 53.5. The van der Waals surface area contributed by atoms with Crippen molar-refractivity contribution in [3.8, 4) is 0 Å². The number of aliphatic hydroxyl groups is 14. The average molecular weight is 1090 g/mol. The van der Waals surface area contributed by atoms with Gasteiger partial charge in [0.05, 0.1) is 49.8 Å². The molecule has 4 saturated carbocycles.